The number of Topliss-reactive ketones (excluding diaryl/α,β-unsaturated/α-hetero) is 1. The number of allylic oxidation sites excluding steroid dienone is 5. The molecule has 46 heavy (non-hydrogen) atoms. The molecule has 3 rings (SSSR count). The van der Waals surface area contributed by atoms with Crippen molar-refractivity contribution in [2.75, 3.05) is 13.2 Å². The second kappa shape index (κ2) is 18.9. The molecule has 6 nitrogen and oxygen atoms in total. The Morgan fingerprint density at radius 1 is 0.891 bits per heavy atom. The molecule has 0 radical (unpaired) electrons. The van der Waals surface area contributed by atoms with Crippen molar-refractivity contribution in [3.05, 3.63) is 95.6 Å². The average Bonchev–Trinajstić information content (AvgIpc) is 3.03. The monoisotopic (exact) mass is 640 g/mol. The Bertz CT molecular complexity index is 1370. The molecule has 1 unspecified atom stereocenters. The molecule has 0 spiro atoms. The quantitative estimate of drug-likeness (QED) is 0.0659. The lowest BCUT2D eigenvalue weighted by Gasteiger charge is -2.21. The maximum absolute atomic E-state index is 13.5. The molecule has 0 saturated carbocycles. The van der Waals surface area contributed by atoms with Gasteiger partial charge in [-0.05, 0) is 42.7 Å². The number of unbranched alkanes of at least 4 members (excludes halogenated alkanes) is 7. The second-order valence-electron chi connectivity index (χ2n) is 11.3. The van der Waals surface area contributed by atoms with Gasteiger partial charge >= 0.3 is 18.1 Å². The normalized spacial score (nSPS) is 13.9. The molecule has 0 fully saturated rings. The van der Waals surface area contributed by atoms with Crippen LogP contribution in [0, 0.1) is 0 Å². The number of carbonyl (C=O) groups excluding carboxylic acids is 3. The van der Waals surface area contributed by atoms with Crippen molar-refractivity contribution in [2.24, 2.45) is 0 Å². The molecule has 2 aromatic carbocycles. The first kappa shape index (κ1) is 36.5. The van der Waals surface area contributed by atoms with Crippen molar-refractivity contribution in [3.63, 3.8) is 0 Å². The number of hydrogen-bond acceptors (Lipinski definition) is 6. The van der Waals surface area contributed by atoms with E-state index in [9.17, 15) is 27.6 Å². The molecule has 0 saturated heterocycles. The van der Waals surface area contributed by atoms with Crippen LogP contribution in [-0.4, -0.2) is 43.2 Å². The highest BCUT2D eigenvalue weighted by Gasteiger charge is 2.40. The molecule has 0 amide bonds. The highest BCUT2D eigenvalue weighted by atomic mass is 19.4. The SMILES string of the molecule is C=CCC1=CC=C(c2ccc(C(=O)Oc3ccccc3C(=O)OCCC(OCCCCCCCCCC)C(F)(F)F)cc2)C(=O)C1. The summed E-state index contributed by atoms with van der Waals surface area (Å²) in [5.41, 5.74) is 2.24. The lowest BCUT2D eigenvalue weighted by molar-refractivity contribution is -0.224. The Hall–Kier alpha value is -3.98. The number of ketones is 1. The fourth-order valence-electron chi connectivity index (χ4n) is 5.05. The molecule has 1 aliphatic carbocycles. The van der Waals surface area contributed by atoms with Crippen LogP contribution in [0.15, 0.2) is 78.9 Å². The van der Waals surface area contributed by atoms with Gasteiger partial charge in [-0.2, -0.15) is 13.2 Å². The van der Waals surface area contributed by atoms with Gasteiger partial charge in [0, 0.05) is 25.0 Å². The predicted molar refractivity (Wildman–Crippen MR) is 172 cm³/mol. The number of halogens is 3. The van der Waals surface area contributed by atoms with Gasteiger partial charge in [0.15, 0.2) is 11.9 Å². The van der Waals surface area contributed by atoms with Gasteiger partial charge in [-0.15, -0.1) is 6.58 Å². The third kappa shape index (κ3) is 11.7. The van der Waals surface area contributed by atoms with Crippen molar-refractivity contribution < 1.29 is 41.8 Å². The fourth-order valence-corrected chi connectivity index (χ4v) is 5.05. The van der Waals surface area contributed by atoms with Gasteiger partial charge in [-0.1, -0.05) is 99.9 Å². The van der Waals surface area contributed by atoms with Crippen molar-refractivity contribution in [2.45, 2.75) is 89.8 Å². The number of para-hydroxylation sites is 1. The van der Waals surface area contributed by atoms with E-state index in [0.717, 1.165) is 37.7 Å². The number of benzene rings is 2. The maximum Gasteiger partial charge on any atom is 0.414 e. The zero-order valence-electron chi connectivity index (χ0n) is 26.4. The van der Waals surface area contributed by atoms with E-state index in [0.29, 0.717) is 30.4 Å². The zero-order chi connectivity index (χ0) is 33.4. The maximum atomic E-state index is 13.5. The minimum atomic E-state index is -4.60. The lowest BCUT2D eigenvalue weighted by atomic mass is 9.90. The Kier molecular flexibility index (Phi) is 15.0. The van der Waals surface area contributed by atoms with Crippen LogP contribution >= 0.6 is 0 Å². The van der Waals surface area contributed by atoms with Crippen LogP contribution in [0.3, 0.4) is 0 Å². The average molecular weight is 641 g/mol. The second-order valence-corrected chi connectivity index (χ2v) is 11.3. The minimum absolute atomic E-state index is 0.0194. The molecule has 0 bridgehead atoms. The highest BCUT2D eigenvalue weighted by Crippen LogP contribution is 2.28. The van der Waals surface area contributed by atoms with Gasteiger partial charge in [0.2, 0.25) is 0 Å². The van der Waals surface area contributed by atoms with Crippen molar-refractivity contribution >= 4 is 23.3 Å². The number of carbonyl (C=O) groups is 3. The first-order chi connectivity index (χ1) is 22.1. The summed E-state index contributed by atoms with van der Waals surface area (Å²) in [6.45, 7) is 5.30. The largest absolute Gasteiger partial charge is 0.462 e. The lowest BCUT2D eigenvalue weighted by Crippen LogP contribution is -2.33. The van der Waals surface area contributed by atoms with E-state index in [1.807, 2.05) is 6.08 Å². The smallest absolute Gasteiger partial charge is 0.414 e. The van der Waals surface area contributed by atoms with E-state index in [1.54, 1.807) is 30.4 Å². The van der Waals surface area contributed by atoms with Crippen LogP contribution in [0.5, 0.6) is 5.75 Å². The van der Waals surface area contributed by atoms with Crippen molar-refractivity contribution in [1.82, 2.24) is 0 Å². The van der Waals surface area contributed by atoms with Crippen LogP contribution in [0.25, 0.3) is 5.57 Å². The van der Waals surface area contributed by atoms with Gasteiger partial charge in [0.25, 0.3) is 0 Å². The molecule has 1 atom stereocenters. The summed E-state index contributed by atoms with van der Waals surface area (Å²) < 4.78 is 56.3. The molecule has 1 aliphatic rings. The molecule has 0 aromatic heterocycles. The van der Waals surface area contributed by atoms with E-state index in [4.69, 9.17) is 14.2 Å². The van der Waals surface area contributed by atoms with Crippen LogP contribution in [0.2, 0.25) is 0 Å². The predicted octanol–water partition coefficient (Wildman–Crippen LogP) is 9.40. The molecule has 0 heterocycles. The number of rotatable bonds is 19. The summed E-state index contributed by atoms with van der Waals surface area (Å²) in [6, 6.07) is 12.1. The summed E-state index contributed by atoms with van der Waals surface area (Å²) >= 11 is 0. The van der Waals surface area contributed by atoms with Crippen molar-refractivity contribution in [1.29, 1.82) is 0 Å². The topological polar surface area (TPSA) is 78.9 Å². The van der Waals surface area contributed by atoms with Gasteiger partial charge in [0.1, 0.15) is 11.3 Å². The first-order valence-electron chi connectivity index (χ1n) is 15.9. The third-order valence-electron chi connectivity index (χ3n) is 7.62. The van der Waals surface area contributed by atoms with E-state index >= 15 is 0 Å². The van der Waals surface area contributed by atoms with E-state index < -0.39 is 37.2 Å². The Morgan fingerprint density at radius 2 is 1.57 bits per heavy atom. The summed E-state index contributed by atoms with van der Waals surface area (Å²) in [7, 11) is 0. The number of hydrogen-bond donors (Lipinski definition) is 0. The van der Waals surface area contributed by atoms with Crippen LogP contribution in [-0.2, 0) is 14.3 Å². The summed E-state index contributed by atoms with van der Waals surface area (Å²) in [5, 5.41) is 0. The first-order valence-corrected chi connectivity index (χ1v) is 15.9. The number of alkyl halides is 3. The minimum Gasteiger partial charge on any atom is -0.462 e. The number of ether oxygens (including phenoxy) is 3. The molecule has 0 N–H and O–H groups in total. The Labute approximate surface area is 269 Å². The highest BCUT2D eigenvalue weighted by molar-refractivity contribution is 6.22. The summed E-state index contributed by atoms with van der Waals surface area (Å²) in [5.74, 6) is -1.80. The van der Waals surface area contributed by atoms with Gasteiger partial charge in [-0.3, -0.25) is 4.79 Å². The number of esters is 2. The molecule has 0 aliphatic heterocycles. The van der Waals surface area contributed by atoms with E-state index in [-0.39, 0.29) is 29.3 Å². The van der Waals surface area contributed by atoms with Gasteiger partial charge in [0.05, 0.1) is 12.2 Å². The van der Waals surface area contributed by atoms with E-state index in [1.165, 1.54) is 43.2 Å². The molecule has 248 valence electrons. The van der Waals surface area contributed by atoms with Gasteiger partial charge in [-0.25, -0.2) is 9.59 Å². The summed E-state index contributed by atoms with van der Waals surface area (Å²) in [6.07, 6.45) is 7.18. The standard InChI is InChI=1S/C37H43F3O6/c1-3-5-6-7-8-9-10-13-24-44-34(37(38,39)40)23-25-45-36(43)31-15-11-12-16-33(31)46-35(42)29-20-18-28(19-21-29)30-22-17-27(14-4-2)26-32(30)41/h4,11-12,15-22,34H,2-3,5-10,13-14,23-26H2,1H3. The Balaban J connectivity index is 1.51. The Morgan fingerprint density at radius 3 is 2.22 bits per heavy atom. The molecule has 9 heteroatoms. The molecular weight excluding hydrogens is 597 g/mol. The van der Waals surface area contributed by atoms with Gasteiger partial charge < -0.3 is 14.2 Å². The van der Waals surface area contributed by atoms with Crippen molar-refractivity contribution in [3.8, 4) is 5.75 Å². The zero-order valence-corrected chi connectivity index (χ0v) is 26.4. The third-order valence-corrected chi connectivity index (χ3v) is 7.62. The fraction of sp³-hybridized carbons (Fsp3) is 0.432. The molecule has 2 aromatic rings. The van der Waals surface area contributed by atoms with Crippen LogP contribution in [0.1, 0.15) is 104 Å². The summed E-state index contributed by atoms with van der Waals surface area (Å²) in [4.78, 5) is 38.2. The molecular formula is C37H43F3O6. The van der Waals surface area contributed by atoms with Crippen LogP contribution in [0.4, 0.5) is 13.2 Å². The van der Waals surface area contributed by atoms with Crippen LogP contribution < -0.4 is 4.74 Å². The van der Waals surface area contributed by atoms with E-state index in [2.05, 4.69) is 13.5 Å².